The number of hydrogen-bond acceptors (Lipinski definition) is 3. The fourth-order valence-corrected chi connectivity index (χ4v) is 2.22. The van der Waals surface area contributed by atoms with Crippen molar-refractivity contribution in [3.63, 3.8) is 0 Å². The minimum Gasteiger partial charge on any atom is -0.424 e. The van der Waals surface area contributed by atoms with E-state index in [2.05, 4.69) is 52.7 Å². The Morgan fingerprint density at radius 2 is 1.89 bits per heavy atom. The molecule has 1 heterocycles. The van der Waals surface area contributed by atoms with E-state index in [9.17, 15) is 0 Å². The van der Waals surface area contributed by atoms with Gasteiger partial charge in [0.1, 0.15) is 5.75 Å². The predicted octanol–water partition coefficient (Wildman–Crippen LogP) is 4.60. The molecular weight excluding hydrogens is 304 g/mol. The maximum atomic E-state index is 5.66. The van der Waals surface area contributed by atoms with Crippen LogP contribution in [0.5, 0.6) is 11.8 Å². The molecule has 3 nitrogen and oxygen atoms in total. The minimum atomic E-state index is 0.376. The van der Waals surface area contributed by atoms with Crippen LogP contribution >= 0.6 is 15.9 Å². The van der Waals surface area contributed by atoms with Crippen LogP contribution in [0.25, 0.3) is 0 Å². The highest BCUT2D eigenvalue weighted by Gasteiger charge is 2.06. The van der Waals surface area contributed by atoms with E-state index in [1.807, 2.05) is 12.1 Å². The highest BCUT2D eigenvalue weighted by Crippen LogP contribution is 2.25. The Bertz CT molecular complexity index is 553. The summed E-state index contributed by atoms with van der Waals surface area (Å²) in [6.45, 7) is 6.47. The molecule has 0 atom stereocenters. The second kappa shape index (κ2) is 6.15. The van der Waals surface area contributed by atoms with Crippen molar-refractivity contribution >= 4 is 15.9 Å². The van der Waals surface area contributed by atoms with Crippen molar-refractivity contribution in [3.05, 3.63) is 47.3 Å². The number of hydrogen-bond donors (Lipinski definition) is 0. The normalized spacial score (nSPS) is 10.8. The summed E-state index contributed by atoms with van der Waals surface area (Å²) in [6.07, 6.45) is 3.51. The largest absolute Gasteiger partial charge is 0.424 e. The van der Waals surface area contributed by atoms with Gasteiger partial charge < -0.3 is 4.74 Å². The van der Waals surface area contributed by atoms with Crippen molar-refractivity contribution in [2.24, 2.45) is 0 Å². The molecule has 4 heteroatoms. The first-order valence-corrected chi connectivity index (χ1v) is 7.37. The highest BCUT2D eigenvalue weighted by atomic mass is 79.9. The van der Waals surface area contributed by atoms with E-state index in [1.54, 1.807) is 12.4 Å². The van der Waals surface area contributed by atoms with Crippen LogP contribution in [0.4, 0.5) is 0 Å². The number of benzene rings is 1. The number of nitrogens with zero attached hydrogens (tertiary/aromatic N) is 2. The van der Waals surface area contributed by atoms with Crippen molar-refractivity contribution < 1.29 is 4.74 Å². The topological polar surface area (TPSA) is 35.0 Å². The van der Waals surface area contributed by atoms with E-state index in [0.717, 1.165) is 16.6 Å². The lowest BCUT2D eigenvalue weighted by atomic mass is 9.98. The lowest BCUT2D eigenvalue weighted by Crippen LogP contribution is -1.95. The van der Waals surface area contributed by atoms with Gasteiger partial charge in [-0.15, -0.1) is 0 Å². The smallest absolute Gasteiger partial charge is 0.321 e. The van der Waals surface area contributed by atoms with Gasteiger partial charge in [0.15, 0.2) is 0 Å². The van der Waals surface area contributed by atoms with Crippen LogP contribution < -0.4 is 4.74 Å². The molecule has 1 aromatic heterocycles. The zero-order valence-electron chi connectivity index (χ0n) is 11.4. The van der Waals surface area contributed by atoms with Crippen LogP contribution in [0.15, 0.2) is 30.6 Å². The van der Waals surface area contributed by atoms with Crippen LogP contribution in [0.3, 0.4) is 0 Å². The summed E-state index contributed by atoms with van der Waals surface area (Å²) in [7, 11) is 0. The maximum absolute atomic E-state index is 5.66. The third kappa shape index (κ3) is 3.53. The van der Waals surface area contributed by atoms with Gasteiger partial charge >= 0.3 is 6.01 Å². The summed E-state index contributed by atoms with van der Waals surface area (Å²) >= 11 is 3.36. The fraction of sp³-hybridized carbons (Fsp3) is 0.333. The molecule has 0 N–H and O–H groups in total. The van der Waals surface area contributed by atoms with E-state index >= 15 is 0 Å². The van der Waals surface area contributed by atoms with Crippen molar-refractivity contribution in [2.75, 3.05) is 0 Å². The van der Waals surface area contributed by atoms with E-state index in [1.165, 1.54) is 11.1 Å². The Kier molecular flexibility index (Phi) is 4.53. The van der Waals surface area contributed by atoms with Crippen LogP contribution in [-0.4, -0.2) is 9.97 Å². The number of aromatic nitrogens is 2. The van der Waals surface area contributed by atoms with Crippen molar-refractivity contribution in [2.45, 2.75) is 32.0 Å². The molecule has 0 amide bonds. The van der Waals surface area contributed by atoms with E-state index in [0.29, 0.717) is 11.9 Å². The molecule has 0 saturated heterocycles. The highest BCUT2D eigenvalue weighted by molar-refractivity contribution is 9.08. The van der Waals surface area contributed by atoms with Gasteiger partial charge in [-0.3, -0.25) is 0 Å². The number of rotatable bonds is 4. The average Bonchev–Trinajstić information content (AvgIpc) is 2.39. The second-order valence-electron chi connectivity index (χ2n) is 4.78. The molecule has 0 bridgehead atoms. The molecule has 100 valence electrons. The number of ether oxygens (including phenoxy) is 1. The number of aryl methyl sites for hydroxylation is 1. The third-order valence-electron chi connectivity index (χ3n) is 2.91. The Morgan fingerprint density at radius 1 is 1.21 bits per heavy atom. The van der Waals surface area contributed by atoms with Crippen molar-refractivity contribution in [1.82, 2.24) is 9.97 Å². The molecule has 0 spiro atoms. The van der Waals surface area contributed by atoms with Gasteiger partial charge in [0.25, 0.3) is 0 Å². The molecule has 0 fully saturated rings. The van der Waals surface area contributed by atoms with Gasteiger partial charge in [-0.1, -0.05) is 35.8 Å². The molecular formula is C15H17BrN2O. The van der Waals surface area contributed by atoms with Crippen LogP contribution in [0, 0.1) is 6.92 Å². The molecule has 2 rings (SSSR count). The number of alkyl halides is 1. The minimum absolute atomic E-state index is 0.376. The third-order valence-corrected chi connectivity index (χ3v) is 3.56. The van der Waals surface area contributed by atoms with E-state index in [-0.39, 0.29) is 0 Å². The first-order valence-electron chi connectivity index (χ1n) is 6.25. The molecule has 0 radical (unpaired) electrons. The van der Waals surface area contributed by atoms with Crippen LogP contribution in [0.2, 0.25) is 0 Å². The van der Waals surface area contributed by atoms with Crippen LogP contribution in [-0.2, 0) is 5.33 Å². The molecule has 19 heavy (non-hydrogen) atoms. The van der Waals surface area contributed by atoms with Crippen LogP contribution in [0.1, 0.15) is 36.5 Å². The lowest BCUT2D eigenvalue weighted by Gasteiger charge is -2.11. The quantitative estimate of drug-likeness (QED) is 0.772. The Labute approximate surface area is 122 Å². The average molecular weight is 321 g/mol. The summed E-state index contributed by atoms with van der Waals surface area (Å²) in [6, 6.07) is 6.46. The summed E-state index contributed by atoms with van der Waals surface area (Å²) in [5, 5.41) is 0.746. The van der Waals surface area contributed by atoms with Gasteiger partial charge in [-0.25, -0.2) is 9.97 Å². The first-order chi connectivity index (χ1) is 9.10. The van der Waals surface area contributed by atoms with Crippen molar-refractivity contribution in [3.8, 4) is 11.8 Å². The first kappa shape index (κ1) is 14.0. The molecule has 0 aliphatic carbocycles. The molecule has 0 saturated carbocycles. The monoisotopic (exact) mass is 320 g/mol. The zero-order valence-corrected chi connectivity index (χ0v) is 12.9. The van der Waals surface area contributed by atoms with Gasteiger partial charge in [-0.05, 0) is 41.7 Å². The molecule has 2 aromatic rings. The number of halogens is 1. The predicted molar refractivity (Wildman–Crippen MR) is 80.0 cm³/mol. The van der Waals surface area contributed by atoms with Gasteiger partial charge in [0.2, 0.25) is 0 Å². The summed E-state index contributed by atoms with van der Waals surface area (Å²) in [5.41, 5.74) is 3.59. The standard InChI is InChI=1S/C15H17BrN2O/c1-10(2)14-5-4-13(6-11(14)3)19-15-17-8-12(7-16)9-18-15/h4-6,8-10H,7H2,1-3H3. The van der Waals surface area contributed by atoms with Gasteiger partial charge in [-0.2, -0.15) is 0 Å². The SMILES string of the molecule is Cc1cc(Oc2ncc(CBr)cn2)ccc1C(C)C. The Balaban J connectivity index is 2.16. The second-order valence-corrected chi connectivity index (χ2v) is 5.34. The van der Waals surface area contributed by atoms with Gasteiger partial charge in [0.05, 0.1) is 0 Å². The summed E-state index contributed by atoms with van der Waals surface area (Å²) < 4.78 is 5.66. The summed E-state index contributed by atoms with van der Waals surface area (Å²) in [4.78, 5) is 8.34. The molecule has 1 aromatic carbocycles. The molecule has 0 aliphatic rings. The molecule has 0 aliphatic heterocycles. The van der Waals surface area contributed by atoms with E-state index < -0.39 is 0 Å². The molecule has 0 unspecified atom stereocenters. The van der Waals surface area contributed by atoms with Crippen molar-refractivity contribution in [1.29, 1.82) is 0 Å². The Morgan fingerprint density at radius 3 is 2.42 bits per heavy atom. The zero-order chi connectivity index (χ0) is 13.8. The maximum Gasteiger partial charge on any atom is 0.321 e. The lowest BCUT2D eigenvalue weighted by molar-refractivity contribution is 0.440. The van der Waals surface area contributed by atoms with E-state index in [4.69, 9.17) is 4.74 Å². The Hall–Kier alpha value is -1.42. The van der Waals surface area contributed by atoms with Gasteiger partial charge in [0, 0.05) is 17.7 Å². The fourth-order valence-electron chi connectivity index (χ4n) is 1.93. The summed E-state index contributed by atoms with van der Waals surface area (Å²) in [5.74, 6) is 1.29.